The number of hydrogen-bond donors (Lipinski definition) is 2. The summed E-state index contributed by atoms with van der Waals surface area (Å²) in [6.45, 7) is -0.211. The topological polar surface area (TPSA) is 105 Å². The second-order valence-electron chi connectivity index (χ2n) is 6.68. The van der Waals surface area contributed by atoms with E-state index in [-0.39, 0.29) is 23.7 Å². The molecule has 2 N–H and O–H groups in total. The molecule has 1 aromatic heterocycles. The molecule has 9 heteroatoms. The number of amides is 1. The molecule has 1 atom stereocenters. The SMILES string of the molecule is CS(=O)(=O)C(CCn1cc(F)c2cc(-c3ccccc3)ccc2c1=O)C(=O)NO. The van der Waals surface area contributed by atoms with Crippen LogP contribution in [0.4, 0.5) is 4.39 Å². The Kier molecular flexibility index (Phi) is 5.81. The molecule has 1 heterocycles. The Morgan fingerprint density at radius 2 is 1.83 bits per heavy atom. The Balaban J connectivity index is 1.98. The van der Waals surface area contributed by atoms with Gasteiger partial charge in [0, 0.05) is 24.4 Å². The zero-order valence-electron chi connectivity index (χ0n) is 15.5. The first-order chi connectivity index (χ1) is 13.7. The lowest BCUT2D eigenvalue weighted by Crippen LogP contribution is -2.39. The highest BCUT2D eigenvalue weighted by Gasteiger charge is 2.28. The van der Waals surface area contributed by atoms with Crippen LogP contribution < -0.4 is 11.0 Å². The molecule has 0 aliphatic rings. The minimum Gasteiger partial charge on any atom is -0.312 e. The number of hydroxylamine groups is 1. The first kappa shape index (κ1) is 20.7. The quantitative estimate of drug-likeness (QED) is 0.471. The van der Waals surface area contributed by atoms with Crippen molar-refractivity contribution in [3.8, 4) is 11.1 Å². The van der Waals surface area contributed by atoms with Crippen molar-refractivity contribution in [1.82, 2.24) is 10.0 Å². The summed E-state index contributed by atoms with van der Waals surface area (Å²) in [7, 11) is -3.83. The zero-order chi connectivity index (χ0) is 21.2. The molecule has 3 rings (SSSR count). The van der Waals surface area contributed by atoms with Gasteiger partial charge in [-0.1, -0.05) is 36.4 Å². The van der Waals surface area contributed by atoms with E-state index in [4.69, 9.17) is 5.21 Å². The van der Waals surface area contributed by atoms with Crippen molar-refractivity contribution < 1.29 is 22.8 Å². The van der Waals surface area contributed by atoms with Crippen LogP contribution in [0, 0.1) is 5.82 Å². The van der Waals surface area contributed by atoms with Crippen LogP contribution >= 0.6 is 0 Å². The van der Waals surface area contributed by atoms with Crippen LogP contribution in [0.3, 0.4) is 0 Å². The van der Waals surface area contributed by atoms with E-state index in [1.807, 2.05) is 30.3 Å². The van der Waals surface area contributed by atoms with Crippen molar-refractivity contribution in [2.45, 2.75) is 18.2 Å². The third kappa shape index (κ3) is 4.36. The van der Waals surface area contributed by atoms with Crippen LogP contribution in [0.2, 0.25) is 0 Å². The maximum atomic E-state index is 14.7. The number of aryl methyl sites for hydroxylation is 1. The summed E-state index contributed by atoms with van der Waals surface area (Å²) < 4.78 is 39.3. The lowest BCUT2D eigenvalue weighted by atomic mass is 10.0. The predicted molar refractivity (Wildman–Crippen MR) is 107 cm³/mol. The van der Waals surface area contributed by atoms with E-state index < -0.39 is 32.4 Å². The molecule has 29 heavy (non-hydrogen) atoms. The number of aromatic nitrogens is 1. The summed E-state index contributed by atoms with van der Waals surface area (Å²) in [5.74, 6) is -1.74. The van der Waals surface area contributed by atoms with Crippen LogP contribution in [-0.4, -0.2) is 35.6 Å². The van der Waals surface area contributed by atoms with Gasteiger partial charge in [-0.25, -0.2) is 18.3 Å². The van der Waals surface area contributed by atoms with E-state index in [0.29, 0.717) is 0 Å². The average molecular weight is 418 g/mol. The van der Waals surface area contributed by atoms with E-state index in [9.17, 15) is 22.4 Å². The van der Waals surface area contributed by atoms with E-state index >= 15 is 0 Å². The third-order valence-corrected chi connectivity index (χ3v) is 6.18. The number of pyridine rings is 1. The molecule has 0 saturated heterocycles. The van der Waals surface area contributed by atoms with Crippen molar-refractivity contribution in [3.05, 3.63) is 70.9 Å². The molecule has 0 aliphatic heterocycles. The fourth-order valence-electron chi connectivity index (χ4n) is 3.19. The molecular formula is C20H19FN2O5S. The maximum absolute atomic E-state index is 14.7. The highest BCUT2D eigenvalue weighted by molar-refractivity contribution is 7.92. The Morgan fingerprint density at radius 3 is 2.45 bits per heavy atom. The van der Waals surface area contributed by atoms with Gasteiger partial charge in [-0.2, -0.15) is 0 Å². The normalized spacial score (nSPS) is 12.7. The van der Waals surface area contributed by atoms with Crippen molar-refractivity contribution in [2.75, 3.05) is 6.26 Å². The monoisotopic (exact) mass is 418 g/mol. The fraction of sp³-hybridized carbons (Fsp3) is 0.200. The van der Waals surface area contributed by atoms with Gasteiger partial charge in [0.1, 0.15) is 11.1 Å². The standard InChI is InChI=1S/C20H19FN2O5S/c1-29(27,28)18(19(24)22-26)9-10-23-12-17(21)16-11-14(7-8-15(16)20(23)25)13-5-3-2-4-6-13/h2-8,11-12,18,26H,9-10H2,1H3,(H,22,24). The summed E-state index contributed by atoms with van der Waals surface area (Å²) in [5, 5.41) is 7.48. The molecule has 1 unspecified atom stereocenters. The number of hydrogen-bond acceptors (Lipinski definition) is 5. The van der Waals surface area contributed by atoms with Gasteiger partial charge in [0.05, 0.1) is 5.39 Å². The number of halogens is 1. The van der Waals surface area contributed by atoms with Crippen LogP contribution in [0.1, 0.15) is 6.42 Å². The van der Waals surface area contributed by atoms with Gasteiger partial charge >= 0.3 is 0 Å². The molecule has 0 fully saturated rings. The van der Waals surface area contributed by atoms with Gasteiger partial charge in [-0.15, -0.1) is 0 Å². The zero-order valence-corrected chi connectivity index (χ0v) is 16.3. The molecule has 0 saturated carbocycles. The Labute approximate surface area is 166 Å². The summed E-state index contributed by atoms with van der Waals surface area (Å²) in [4.78, 5) is 24.3. The molecule has 0 aliphatic carbocycles. The Morgan fingerprint density at radius 1 is 1.14 bits per heavy atom. The second kappa shape index (κ2) is 8.14. The van der Waals surface area contributed by atoms with Gasteiger partial charge < -0.3 is 4.57 Å². The predicted octanol–water partition coefficient (Wildman–Crippen LogP) is 2.12. The molecule has 7 nitrogen and oxygen atoms in total. The summed E-state index contributed by atoms with van der Waals surface area (Å²) in [6.07, 6.45) is 1.55. The number of rotatable bonds is 6. The van der Waals surface area contributed by atoms with Crippen molar-refractivity contribution in [2.24, 2.45) is 0 Å². The highest BCUT2D eigenvalue weighted by Crippen LogP contribution is 2.24. The van der Waals surface area contributed by atoms with E-state index in [1.165, 1.54) is 11.5 Å². The Hall–Kier alpha value is -3.04. The summed E-state index contributed by atoms with van der Waals surface area (Å²) >= 11 is 0. The molecule has 3 aromatic rings. The number of sulfone groups is 1. The summed E-state index contributed by atoms with van der Waals surface area (Å²) in [5.41, 5.74) is 2.44. The van der Waals surface area contributed by atoms with E-state index in [0.717, 1.165) is 28.1 Å². The minimum atomic E-state index is -3.83. The molecule has 0 radical (unpaired) electrons. The molecule has 2 aromatic carbocycles. The van der Waals surface area contributed by atoms with Crippen LogP contribution in [0.5, 0.6) is 0 Å². The van der Waals surface area contributed by atoms with Gasteiger partial charge in [0.2, 0.25) is 0 Å². The van der Waals surface area contributed by atoms with Crippen LogP contribution in [-0.2, 0) is 21.2 Å². The van der Waals surface area contributed by atoms with E-state index in [2.05, 4.69) is 0 Å². The number of benzene rings is 2. The third-order valence-electron chi connectivity index (χ3n) is 4.70. The first-order valence-electron chi connectivity index (χ1n) is 8.73. The number of nitrogens with one attached hydrogen (secondary N) is 1. The maximum Gasteiger partial charge on any atom is 0.261 e. The number of carbonyl (C=O) groups is 1. The molecular weight excluding hydrogens is 399 g/mol. The largest absolute Gasteiger partial charge is 0.312 e. The van der Waals surface area contributed by atoms with Crippen molar-refractivity contribution >= 4 is 26.5 Å². The fourth-order valence-corrected chi connectivity index (χ4v) is 4.17. The molecule has 152 valence electrons. The van der Waals surface area contributed by atoms with Crippen LogP contribution in [0.15, 0.2) is 59.5 Å². The smallest absolute Gasteiger partial charge is 0.261 e. The van der Waals surface area contributed by atoms with Crippen molar-refractivity contribution in [3.63, 3.8) is 0 Å². The number of carbonyl (C=O) groups excluding carboxylic acids is 1. The van der Waals surface area contributed by atoms with Crippen LogP contribution in [0.25, 0.3) is 21.9 Å². The summed E-state index contributed by atoms with van der Waals surface area (Å²) in [6, 6.07) is 14.1. The second-order valence-corrected chi connectivity index (χ2v) is 8.91. The van der Waals surface area contributed by atoms with Gasteiger partial charge in [0.25, 0.3) is 11.5 Å². The minimum absolute atomic E-state index is 0.146. The van der Waals surface area contributed by atoms with Gasteiger partial charge in [-0.05, 0) is 29.7 Å². The number of fused-ring (bicyclic) bond motifs is 1. The molecule has 0 spiro atoms. The highest BCUT2D eigenvalue weighted by atomic mass is 32.2. The molecule has 1 amide bonds. The van der Waals surface area contributed by atoms with Crippen molar-refractivity contribution in [1.29, 1.82) is 0 Å². The number of nitrogens with zero attached hydrogens (tertiary/aromatic N) is 1. The first-order valence-corrected chi connectivity index (χ1v) is 10.7. The average Bonchev–Trinajstić information content (AvgIpc) is 2.70. The lowest BCUT2D eigenvalue weighted by Gasteiger charge is -2.14. The van der Waals surface area contributed by atoms with Gasteiger partial charge in [-0.3, -0.25) is 14.8 Å². The molecule has 0 bridgehead atoms. The Bertz CT molecular complexity index is 1220. The van der Waals surface area contributed by atoms with E-state index in [1.54, 1.807) is 12.1 Å². The van der Waals surface area contributed by atoms with Gasteiger partial charge in [0.15, 0.2) is 9.84 Å². The lowest BCUT2D eigenvalue weighted by molar-refractivity contribution is -0.128.